The molecule has 0 saturated carbocycles. The monoisotopic (exact) mass is 282 g/mol. The van der Waals surface area contributed by atoms with E-state index < -0.39 is 0 Å². The standard InChI is InChI=1S/C18H22N2O/c1-21-18-8-7-16(15-5-3-2-4-6-15)13-17(18)14-20-11-9-19-10-12-20/h2-8,13,19H,9-12,14H2,1H3. The van der Waals surface area contributed by atoms with Crippen LogP contribution in [0.3, 0.4) is 0 Å². The Morgan fingerprint density at radius 3 is 2.48 bits per heavy atom. The van der Waals surface area contributed by atoms with Gasteiger partial charge in [0.05, 0.1) is 7.11 Å². The summed E-state index contributed by atoms with van der Waals surface area (Å²) in [6, 6.07) is 17.0. The topological polar surface area (TPSA) is 24.5 Å². The molecule has 0 radical (unpaired) electrons. The Kier molecular flexibility index (Phi) is 4.53. The van der Waals surface area contributed by atoms with E-state index in [1.54, 1.807) is 7.11 Å². The van der Waals surface area contributed by atoms with E-state index >= 15 is 0 Å². The average Bonchev–Trinajstić information content (AvgIpc) is 2.56. The van der Waals surface area contributed by atoms with Crippen LogP contribution in [0.2, 0.25) is 0 Å². The van der Waals surface area contributed by atoms with Crippen LogP contribution in [-0.2, 0) is 6.54 Å². The van der Waals surface area contributed by atoms with Crippen molar-refractivity contribution in [2.75, 3.05) is 33.3 Å². The molecule has 0 amide bonds. The zero-order valence-electron chi connectivity index (χ0n) is 12.5. The number of hydrogen-bond acceptors (Lipinski definition) is 3. The smallest absolute Gasteiger partial charge is 0.123 e. The minimum atomic E-state index is 0.950. The fourth-order valence-corrected chi connectivity index (χ4v) is 2.82. The number of benzene rings is 2. The van der Waals surface area contributed by atoms with Crippen LogP contribution in [0.25, 0.3) is 11.1 Å². The molecule has 1 heterocycles. The first-order valence-corrected chi connectivity index (χ1v) is 7.52. The molecule has 2 aromatic carbocycles. The Balaban J connectivity index is 1.86. The Hall–Kier alpha value is -1.84. The van der Waals surface area contributed by atoms with Gasteiger partial charge in [-0.25, -0.2) is 0 Å². The summed E-state index contributed by atoms with van der Waals surface area (Å²) < 4.78 is 5.54. The maximum atomic E-state index is 5.54. The minimum Gasteiger partial charge on any atom is -0.496 e. The molecular formula is C18H22N2O. The van der Waals surface area contributed by atoms with Gasteiger partial charge < -0.3 is 10.1 Å². The van der Waals surface area contributed by atoms with Gasteiger partial charge >= 0.3 is 0 Å². The molecule has 0 atom stereocenters. The first-order valence-electron chi connectivity index (χ1n) is 7.52. The third-order valence-electron chi connectivity index (χ3n) is 3.99. The Morgan fingerprint density at radius 1 is 1.00 bits per heavy atom. The average molecular weight is 282 g/mol. The molecule has 1 fully saturated rings. The van der Waals surface area contributed by atoms with Crippen molar-refractivity contribution >= 4 is 0 Å². The number of hydrogen-bond donors (Lipinski definition) is 1. The van der Waals surface area contributed by atoms with Gasteiger partial charge in [0.2, 0.25) is 0 Å². The second kappa shape index (κ2) is 6.74. The molecule has 3 nitrogen and oxygen atoms in total. The van der Waals surface area contributed by atoms with Crippen molar-refractivity contribution < 1.29 is 4.74 Å². The predicted molar refractivity (Wildman–Crippen MR) is 86.6 cm³/mol. The lowest BCUT2D eigenvalue weighted by Crippen LogP contribution is -2.42. The van der Waals surface area contributed by atoms with E-state index in [-0.39, 0.29) is 0 Å². The third kappa shape index (κ3) is 3.43. The SMILES string of the molecule is COc1ccc(-c2ccccc2)cc1CN1CCNCC1. The zero-order chi connectivity index (χ0) is 14.5. The first-order chi connectivity index (χ1) is 10.4. The number of piperazine rings is 1. The molecule has 21 heavy (non-hydrogen) atoms. The Labute approximate surface area is 126 Å². The zero-order valence-corrected chi connectivity index (χ0v) is 12.5. The summed E-state index contributed by atoms with van der Waals surface area (Å²) in [5.74, 6) is 0.980. The highest BCUT2D eigenvalue weighted by atomic mass is 16.5. The molecule has 2 aromatic rings. The van der Waals surface area contributed by atoms with E-state index in [1.165, 1.54) is 16.7 Å². The van der Waals surface area contributed by atoms with Gasteiger partial charge in [-0.05, 0) is 23.3 Å². The summed E-state index contributed by atoms with van der Waals surface area (Å²) in [5, 5.41) is 3.39. The maximum Gasteiger partial charge on any atom is 0.123 e. The van der Waals surface area contributed by atoms with Crippen molar-refractivity contribution in [3.05, 3.63) is 54.1 Å². The number of nitrogens with one attached hydrogen (secondary N) is 1. The van der Waals surface area contributed by atoms with Crippen molar-refractivity contribution in [3.8, 4) is 16.9 Å². The van der Waals surface area contributed by atoms with Gasteiger partial charge in [-0.3, -0.25) is 4.90 Å². The lowest BCUT2D eigenvalue weighted by molar-refractivity contribution is 0.230. The van der Waals surface area contributed by atoms with Crippen molar-refractivity contribution in [3.63, 3.8) is 0 Å². The first kappa shape index (κ1) is 14.1. The number of methoxy groups -OCH3 is 1. The van der Waals surface area contributed by atoms with Crippen LogP contribution in [0.5, 0.6) is 5.75 Å². The molecule has 3 rings (SSSR count). The van der Waals surface area contributed by atoms with Crippen LogP contribution in [-0.4, -0.2) is 38.2 Å². The van der Waals surface area contributed by atoms with E-state index in [4.69, 9.17) is 4.74 Å². The van der Waals surface area contributed by atoms with Gasteiger partial charge in [-0.1, -0.05) is 36.4 Å². The highest BCUT2D eigenvalue weighted by Gasteiger charge is 2.13. The lowest BCUT2D eigenvalue weighted by atomic mass is 10.0. The van der Waals surface area contributed by atoms with Gasteiger partial charge in [0.15, 0.2) is 0 Å². The molecular weight excluding hydrogens is 260 g/mol. The molecule has 0 bridgehead atoms. The second-order valence-electron chi connectivity index (χ2n) is 5.42. The van der Waals surface area contributed by atoms with Crippen LogP contribution in [0.4, 0.5) is 0 Å². The number of nitrogens with zero attached hydrogens (tertiary/aromatic N) is 1. The third-order valence-corrected chi connectivity index (χ3v) is 3.99. The molecule has 1 saturated heterocycles. The van der Waals surface area contributed by atoms with Gasteiger partial charge in [0, 0.05) is 38.3 Å². The van der Waals surface area contributed by atoms with E-state index in [0.717, 1.165) is 38.5 Å². The molecule has 0 aromatic heterocycles. The van der Waals surface area contributed by atoms with E-state index in [1.807, 2.05) is 0 Å². The molecule has 1 N–H and O–H groups in total. The highest BCUT2D eigenvalue weighted by Crippen LogP contribution is 2.27. The van der Waals surface area contributed by atoms with E-state index in [0.29, 0.717) is 0 Å². The summed E-state index contributed by atoms with van der Waals surface area (Å²) in [5.41, 5.74) is 3.77. The number of ether oxygens (including phenoxy) is 1. The van der Waals surface area contributed by atoms with Crippen LogP contribution in [0.1, 0.15) is 5.56 Å². The fraction of sp³-hybridized carbons (Fsp3) is 0.333. The Bertz CT molecular complexity index is 577. The van der Waals surface area contributed by atoms with Crippen molar-refractivity contribution in [1.82, 2.24) is 10.2 Å². The lowest BCUT2D eigenvalue weighted by Gasteiger charge is -2.28. The van der Waals surface area contributed by atoms with Crippen LogP contribution in [0.15, 0.2) is 48.5 Å². The van der Waals surface area contributed by atoms with Gasteiger partial charge in [-0.15, -0.1) is 0 Å². The summed E-state index contributed by atoms with van der Waals surface area (Å²) in [6.45, 7) is 5.28. The largest absolute Gasteiger partial charge is 0.496 e. The van der Waals surface area contributed by atoms with Gasteiger partial charge in [0.25, 0.3) is 0 Å². The molecule has 1 aliphatic rings. The van der Waals surface area contributed by atoms with Crippen LogP contribution < -0.4 is 10.1 Å². The molecule has 1 aliphatic heterocycles. The molecule has 0 aliphatic carbocycles. The second-order valence-corrected chi connectivity index (χ2v) is 5.42. The highest BCUT2D eigenvalue weighted by molar-refractivity contribution is 5.65. The van der Waals surface area contributed by atoms with Crippen LogP contribution in [0, 0.1) is 0 Å². The van der Waals surface area contributed by atoms with Crippen molar-refractivity contribution in [2.24, 2.45) is 0 Å². The summed E-state index contributed by atoms with van der Waals surface area (Å²) in [7, 11) is 1.75. The minimum absolute atomic E-state index is 0.950. The van der Waals surface area contributed by atoms with E-state index in [9.17, 15) is 0 Å². The summed E-state index contributed by atoms with van der Waals surface area (Å²) in [6.07, 6.45) is 0. The van der Waals surface area contributed by atoms with Crippen LogP contribution >= 0.6 is 0 Å². The van der Waals surface area contributed by atoms with Gasteiger partial charge in [0.1, 0.15) is 5.75 Å². The van der Waals surface area contributed by atoms with Crippen molar-refractivity contribution in [1.29, 1.82) is 0 Å². The van der Waals surface area contributed by atoms with Crippen molar-refractivity contribution in [2.45, 2.75) is 6.54 Å². The molecule has 0 unspecified atom stereocenters. The predicted octanol–water partition coefficient (Wildman–Crippen LogP) is 2.77. The molecule has 110 valence electrons. The maximum absolute atomic E-state index is 5.54. The quantitative estimate of drug-likeness (QED) is 0.933. The molecule has 0 spiro atoms. The number of rotatable bonds is 4. The van der Waals surface area contributed by atoms with E-state index in [2.05, 4.69) is 58.7 Å². The molecule has 3 heteroatoms. The van der Waals surface area contributed by atoms with Gasteiger partial charge in [-0.2, -0.15) is 0 Å². The normalized spacial score (nSPS) is 15.9. The summed E-state index contributed by atoms with van der Waals surface area (Å²) >= 11 is 0. The Morgan fingerprint density at radius 2 is 1.76 bits per heavy atom. The summed E-state index contributed by atoms with van der Waals surface area (Å²) in [4.78, 5) is 2.48. The fourth-order valence-electron chi connectivity index (χ4n) is 2.82.